The Balaban J connectivity index is 3.30. The number of nitrogens with two attached hydrogens (primary N) is 1. The fraction of sp³-hybridized carbons (Fsp3) is 0.786. The van der Waals surface area contributed by atoms with Gasteiger partial charge in [-0.1, -0.05) is 13.5 Å². The molecule has 0 unspecified atom stereocenters. The van der Waals surface area contributed by atoms with Crippen LogP contribution in [0.3, 0.4) is 0 Å². The van der Waals surface area contributed by atoms with Crippen LogP contribution in [0.25, 0.3) is 0 Å². The minimum absolute atomic E-state index is 0.0723. The summed E-state index contributed by atoms with van der Waals surface area (Å²) in [6.07, 6.45) is 2.08. The molecular weight excluding hydrogens is 258 g/mol. The summed E-state index contributed by atoms with van der Waals surface area (Å²) < 4.78 is 10.5. The molecule has 6 heteroatoms. The second-order valence-electron chi connectivity index (χ2n) is 4.39. The van der Waals surface area contributed by atoms with E-state index in [2.05, 4.69) is 17.2 Å². The van der Waals surface area contributed by atoms with Crippen LogP contribution in [-0.2, 0) is 14.3 Å². The van der Waals surface area contributed by atoms with E-state index in [9.17, 15) is 4.79 Å². The van der Waals surface area contributed by atoms with Gasteiger partial charge >= 0.3 is 0 Å². The Kier molecular flexibility index (Phi) is 13.5. The normalized spacial score (nSPS) is 10.3. The van der Waals surface area contributed by atoms with E-state index in [1.165, 1.54) is 0 Å². The van der Waals surface area contributed by atoms with E-state index < -0.39 is 0 Å². The van der Waals surface area contributed by atoms with Crippen molar-refractivity contribution in [2.75, 3.05) is 46.1 Å². The third-order valence-corrected chi connectivity index (χ3v) is 2.48. The summed E-state index contributed by atoms with van der Waals surface area (Å²) in [7, 11) is 0. The van der Waals surface area contributed by atoms with E-state index in [0.29, 0.717) is 52.4 Å². The molecule has 4 N–H and O–H groups in total. The van der Waals surface area contributed by atoms with Crippen molar-refractivity contribution in [3.8, 4) is 0 Å². The number of amides is 1. The van der Waals surface area contributed by atoms with Crippen LogP contribution in [0, 0.1) is 0 Å². The molecule has 118 valence electrons. The number of carbonyl (C=O) groups excluding carboxylic acids is 1. The predicted octanol–water partition coefficient (Wildman–Crippen LogP) is 0.388. The number of nitrogens with one attached hydrogen (secondary N) is 2. The molecule has 0 aliphatic carbocycles. The summed E-state index contributed by atoms with van der Waals surface area (Å²) in [5.74, 6) is 0.0723. The molecule has 1 amide bonds. The Hall–Kier alpha value is -1.11. The third kappa shape index (κ3) is 13.3. The first kappa shape index (κ1) is 18.9. The SMILES string of the molecule is C=C(CCC(=O)NCCC)NCCOCCOCCN. The smallest absolute Gasteiger partial charge is 0.220 e. The standard InChI is InChI=1S/C14H29N3O3/c1-3-7-17-14(18)5-4-13(2)16-8-10-20-12-11-19-9-6-15/h16H,2-12,15H2,1H3,(H,17,18). The van der Waals surface area contributed by atoms with Crippen molar-refractivity contribution in [2.45, 2.75) is 26.2 Å². The summed E-state index contributed by atoms with van der Waals surface area (Å²) in [5.41, 5.74) is 6.15. The van der Waals surface area contributed by atoms with Crippen molar-refractivity contribution in [1.82, 2.24) is 10.6 Å². The topological polar surface area (TPSA) is 85.6 Å². The maximum Gasteiger partial charge on any atom is 0.220 e. The molecule has 0 rings (SSSR count). The van der Waals surface area contributed by atoms with Crippen molar-refractivity contribution in [3.05, 3.63) is 12.3 Å². The highest BCUT2D eigenvalue weighted by Gasteiger charge is 2.01. The van der Waals surface area contributed by atoms with Gasteiger partial charge in [0.15, 0.2) is 0 Å². The Morgan fingerprint density at radius 1 is 1.05 bits per heavy atom. The summed E-state index contributed by atoms with van der Waals surface area (Å²) >= 11 is 0. The Bertz CT molecular complexity index is 260. The van der Waals surface area contributed by atoms with Gasteiger partial charge < -0.3 is 25.8 Å². The van der Waals surface area contributed by atoms with Gasteiger partial charge in [-0.05, 0) is 12.8 Å². The van der Waals surface area contributed by atoms with Crippen molar-refractivity contribution in [2.24, 2.45) is 5.73 Å². The minimum Gasteiger partial charge on any atom is -0.386 e. The Morgan fingerprint density at radius 3 is 2.40 bits per heavy atom. The first-order chi connectivity index (χ1) is 9.70. The van der Waals surface area contributed by atoms with Crippen LogP contribution in [0.2, 0.25) is 0 Å². The highest BCUT2D eigenvalue weighted by molar-refractivity contribution is 5.76. The molecule has 0 fully saturated rings. The van der Waals surface area contributed by atoms with Crippen molar-refractivity contribution in [3.63, 3.8) is 0 Å². The van der Waals surface area contributed by atoms with Crippen molar-refractivity contribution >= 4 is 5.91 Å². The maximum atomic E-state index is 11.4. The molecule has 0 heterocycles. The third-order valence-electron chi connectivity index (χ3n) is 2.48. The number of allylic oxidation sites excluding steroid dienone is 1. The first-order valence-electron chi connectivity index (χ1n) is 7.24. The van der Waals surface area contributed by atoms with E-state index in [1.807, 2.05) is 6.92 Å². The summed E-state index contributed by atoms with van der Waals surface area (Å²) in [4.78, 5) is 11.4. The average Bonchev–Trinajstić information content (AvgIpc) is 2.45. The zero-order valence-corrected chi connectivity index (χ0v) is 12.6. The van der Waals surface area contributed by atoms with Gasteiger partial charge in [0.25, 0.3) is 0 Å². The van der Waals surface area contributed by atoms with Crippen LogP contribution in [0.4, 0.5) is 0 Å². The fourth-order valence-corrected chi connectivity index (χ4v) is 1.41. The zero-order chi connectivity index (χ0) is 15.1. The lowest BCUT2D eigenvalue weighted by molar-refractivity contribution is -0.121. The quantitative estimate of drug-likeness (QED) is 0.402. The molecule has 20 heavy (non-hydrogen) atoms. The minimum atomic E-state index is 0.0723. The molecule has 0 spiro atoms. The zero-order valence-electron chi connectivity index (χ0n) is 12.6. The molecule has 0 radical (unpaired) electrons. The molecular formula is C14H29N3O3. The molecule has 0 atom stereocenters. The second kappa shape index (κ2) is 14.3. The molecule has 0 saturated carbocycles. The largest absolute Gasteiger partial charge is 0.386 e. The first-order valence-corrected chi connectivity index (χ1v) is 7.24. The molecule has 0 aromatic carbocycles. The van der Waals surface area contributed by atoms with Gasteiger partial charge in [0, 0.05) is 31.8 Å². The van der Waals surface area contributed by atoms with Crippen LogP contribution in [0.15, 0.2) is 12.3 Å². The molecule has 6 nitrogen and oxygen atoms in total. The van der Waals surface area contributed by atoms with E-state index in [0.717, 1.165) is 18.7 Å². The van der Waals surface area contributed by atoms with E-state index >= 15 is 0 Å². The number of hydrogen-bond acceptors (Lipinski definition) is 5. The average molecular weight is 287 g/mol. The van der Waals surface area contributed by atoms with Crippen LogP contribution >= 0.6 is 0 Å². The van der Waals surface area contributed by atoms with Gasteiger partial charge in [-0.25, -0.2) is 0 Å². The monoisotopic (exact) mass is 287 g/mol. The van der Waals surface area contributed by atoms with Gasteiger partial charge in [0.1, 0.15) is 0 Å². The summed E-state index contributed by atoms with van der Waals surface area (Å²) in [6.45, 7) is 10.2. The van der Waals surface area contributed by atoms with Crippen molar-refractivity contribution < 1.29 is 14.3 Å². The maximum absolute atomic E-state index is 11.4. The molecule has 0 saturated heterocycles. The van der Waals surface area contributed by atoms with Crippen molar-refractivity contribution in [1.29, 1.82) is 0 Å². The summed E-state index contributed by atoms with van der Waals surface area (Å²) in [6, 6.07) is 0. The number of rotatable bonds is 14. The van der Waals surface area contributed by atoms with Gasteiger partial charge in [-0.2, -0.15) is 0 Å². The lowest BCUT2D eigenvalue weighted by atomic mass is 10.2. The molecule has 0 aromatic heterocycles. The molecule has 0 aromatic rings. The van der Waals surface area contributed by atoms with Gasteiger partial charge in [0.2, 0.25) is 5.91 Å². The number of hydrogen-bond donors (Lipinski definition) is 3. The molecule has 0 aliphatic rings. The number of carbonyl (C=O) groups is 1. The van der Waals surface area contributed by atoms with E-state index in [4.69, 9.17) is 15.2 Å². The van der Waals surface area contributed by atoms with Crippen LogP contribution in [0.1, 0.15) is 26.2 Å². The Labute approximate surface area is 122 Å². The van der Waals surface area contributed by atoms with Crippen LogP contribution < -0.4 is 16.4 Å². The molecule has 0 bridgehead atoms. The van der Waals surface area contributed by atoms with Crippen LogP contribution in [-0.4, -0.2) is 52.0 Å². The van der Waals surface area contributed by atoms with Gasteiger partial charge in [0.05, 0.1) is 26.4 Å². The molecule has 0 aliphatic heterocycles. The van der Waals surface area contributed by atoms with Gasteiger partial charge in [-0.15, -0.1) is 0 Å². The van der Waals surface area contributed by atoms with Crippen LogP contribution in [0.5, 0.6) is 0 Å². The Morgan fingerprint density at radius 2 is 1.75 bits per heavy atom. The van der Waals surface area contributed by atoms with Gasteiger partial charge in [-0.3, -0.25) is 4.79 Å². The highest BCUT2D eigenvalue weighted by Crippen LogP contribution is 1.98. The lowest BCUT2D eigenvalue weighted by Gasteiger charge is -2.10. The highest BCUT2D eigenvalue weighted by atomic mass is 16.5. The number of ether oxygens (including phenoxy) is 2. The second-order valence-corrected chi connectivity index (χ2v) is 4.39. The summed E-state index contributed by atoms with van der Waals surface area (Å²) in [5, 5.41) is 5.97. The fourth-order valence-electron chi connectivity index (χ4n) is 1.41. The van der Waals surface area contributed by atoms with E-state index in [-0.39, 0.29) is 5.91 Å². The van der Waals surface area contributed by atoms with E-state index in [1.54, 1.807) is 0 Å². The predicted molar refractivity (Wildman–Crippen MR) is 80.4 cm³/mol. The lowest BCUT2D eigenvalue weighted by Crippen LogP contribution is -2.25.